The smallest absolute Gasteiger partial charge is 0.158 e. The Hall–Kier alpha value is -2.99. The number of fused-ring (bicyclic) bond motifs is 1. The number of nitrogens with one attached hydrogen (secondary N) is 2. The molecule has 4 heterocycles. The molecule has 0 radical (unpaired) electrons. The minimum Gasteiger partial charge on any atom is -0.361 e. The lowest BCUT2D eigenvalue weighted by molar-refractivity contribution is 0.199. The van der Waals surface area contributed by atoms with Gasteiger partial charge in [-0.25, -0.2) is 9.97 Å². The number of hydrogen-bond acceptors (Lipinski definition) is 4. The van der Waals surface area contributed by atoms with Gasteiger partial charge in [0.05, 0.1) is 5.69 Å². The van der Waals surface area contributed by atoms with E-state index in [1.807, 2.05) is 13.1 Å². The monoisotopic (exact) mass is 372 g/mol. The summed E-state index contributed by atoms with van der Waals surface area (Å²) in [5, 5.41) is 1.32. The predicted octanol–water partition coefficient (Wildman–Crippen LogP) is 4.04. The van der Waals surface area contributed by atoms with Crippen LogP contribution in [0, 0.1) is 6.92 Å². The van der Waals surface area contributed by atoms with E-state index in [1.165, 1.54) is 22.9 Å². The van der Waals surface area contributed by atoms with E-state index < -0.39 is 0 Å². The van der Waals surface area contributed by atoms with Gasteiger partial charge in [0.25, 0.3) is 0 Å². The molecule has 6 nitrogen and oxygen atoms in total. The fourth-order valence-electron chi connectivity index (χ4n) is 4.29. The molecule has 142 valence electrons. The van der Waals surface area contributed by atoms with Crippen LogP contribution in [0.15, 0.2) is 49.1 Å². The van der Waals surface area contributed by atoms with Gasteiger partial charge in [0, 0.05) is 60.4 Å². The second-order valence-corrected chi connectivity index (χ2v) is 7.64. The van der Waals surface area contributed by atoms with E-state index in [0.29, 0.717) is 5.92 Å². The fourth-order valence-corrected chi connectivity index (χ4v) is 4.29. The molecule has 0 spiro atoms. The van der Waals surface area contributed by atoms with Crippen molar-refractivity contribution >= 4 is 10.9 Å². The molecule has 0 saturated carbocycles. The van der Waals surface area contributed by atoms with Gasteiger partial charge in [0.15, 0.2) is 5.82 Å². The van der Waals surface area contributed by atoms with Gasteiger partial charge in [0.2, 0.25) is 0 Å². The molecule has 6 heteroatoms. The number of aryl methyl sites for hydroxylation is 1. The van der Waals surface area contributed by atoms with Crippen LogP contribution < -0.4 is 0 Å². The molecule has 0 bridgehead atoms. The number of imidazole rings is 1. The third-order valence-corrected chi connectivity index (χ3v) is 5.61. The summed E-state index contributed by atoms with van der Waals surface area (Å²) >= 11 is 0. The Kier molecular flexibility index (Phi) is 4.41. The van der Waals surface area contributed by atoms with Gasteiger partial charge in [-0.15, -0.1) is 0 Å². The van der Waals surface area contributed by atoms with Crippen molar-refractivity contribution in [2.75, 3.05) is 13.1 Å². The molecule has 1 aliphatic heterocycles. The summed E-state index contributed by atoms with van der Waals surface area (Å²) in [4.78, 5) is 23.0. The highest BCUT2D eigenvalue weighted by Gasteiger charge is 2.26. The fraction of sp³-hybridized carbons (Fsp3) is 0.318. The summed E-state index contributed by atoms with van der Waals surface area (Å²) in [6, 6.07) is 8.51. The molecule has 0 unspecified atom stereocenters. The predicted molar refractivity (Wildman–Crippen MR) is 110 cm³/mol. The Morgan fingerprint density at radius 3 is 2.93 bits per heavy atom. The first-order valence-corrected chi connectivity index (χ1v) is 9.88. The lowest BCUT2D eigenvalue weighted by atomic mass is 9.92. The Morgan fingerprint density at radius 1 is 1.14 bits per heavy atom. The number of piperidine rings is 1. The average Bonchev–Trinajstić information content (AvgIpc) is 3.35. The van der Waals surface area contributed by atoms with Crippen LogP contribution in [0.2, 0.25) is 0 Å². The van der Waals surface area contributed by atoms with Crippen LogP contribution in [-0.2, 0) is 6.54 Å². The molecule has 1 saturated heterocycles. The minimum atomic E-state index is 0.369. The summed E-state index contributed by atoms with van der Waals surface area (Å²) in [5.74, 6) is 1.18. The van der Waals surface area contributed by atoms with E-state index in [4.69, 9.17) is 4.98 Å². The largest absolute Gasteiger partial charge is 0.361 e. The molecule has 2 N–H and O–H groups in total. The second kappa shape index (κ2) is 7.20. The standard InChI is InChI=1S/C22H24N6/c1-15-11-26-22(27-15)21-20(23-8-9-24-21)16-5-4-10-28(13-16)14-17-12-25-19-7-3-2-6-18(17)19/h2-3,6-9,11-12,16,25H,4-5,10,13-14H2,1H3,(H,26,27)/t16-/m0/s1. The molecule has 0 aliphatic carbocycles. The Labute approximate surface area is 164 Å². The van der Waals surface area contributed by atoms with Crippen molar-refractivity contribution in [1.29, 1.82) is 0 Å². The highest BCUT2D eigenvalue weighted by molar-refractivity contribution is 5.82. The van der Waals surface area contributed by atoms with Crippen LogP contribution >= 0.6 is 0 Å². The highest BCUT2D eigenvalue weighted by atomic mass is 15.1. The zero-order valence-corrected chi connectivity index (χ0v) is 16.0. The molecule has 1 fully saturated rings. The first-order chi connectivity index (χ1) is 13.8. The maximum atomic E-state index is 4.71. The molecular weight excluding hydrogens is 348 g/mol. The molecule has 4 aromatic rings. The number of aromatic nitrogens is 5. The average molecular weight is 372 g/mol. The third-order valence-electron chi connectivity index (χ3n) is 5.61. The number of aromatic amines is 2. The summed E-state index contributed by atoms with van der Waals surface area (Å²) in [6.07, 6.45) is 9.85. The maximum Gasteiger partial charge on any atom is 0.158 e. The molecule has 3 aromatic heterocycles. The van der Waals surface area contributed by atoms with Gasteiger partial charge >= 0.3 is 0 Å². The first-order valence-electron chi connectivity index (χ1n) is 9.88. The van der Waals surface area contributed by atoms with E-state index in [0.717, 1.165) is 49.0 Å². The first kappa shape index (κ1) is 17.1. The van der Waals surface area contributed by atoms with Crippen LogP contribution in [0.25, 0.3) is 22.4 Å². The lowest BCUT2D eigenvalue weighted by Gasteiger charge is -2.32. The maximum absolute atomic E-state index is 4.71. The number of nitrogens with zero attached hydrogens (tertiary/aromatic N) is 4. The van der Waals surface area contributed by atoms with Crippen LogP contribution in [-0.4, -0.2) is 42.9 Å². The number of H-pyrrole nitrogens is 2. The Morgan fingerprint density at radius 2 is 2.04 bits per heavy atom. The number of likely N-dealkylation sites (tertiary alicyclic amines) is 1. The number of para-hydroxylation sites is 1. The SMILES string of the molecule is Cc1cnc(-c2nccnc2[C@H]2CCCN(Cc3c[nH]c4ccccc34)C2)[nH]1. The van der Waals surface area contributed by atoms with Crippen molar-refractivity contribution in [3.63, 3.8) is 0 Å². The summed E-state index contributed by atoms with van der Waals surface area (Å²) in [7, 11) is 0. The van der Waals surface area contributed by atoms with Gasteiger partial charge in [0.1, 0.15) is 5.69 Å². The van der Waals surface area contributed by atoms with Crippen molar-refractivity contribution < 1.29 is 0 Å². The van der Waals surface area contributed by atoms with Crippen molar-refractivity contribution in [2.45, 2.75) is 32.2 Å². The molecule has 28 heavy (non-hydrogen) atoms. The highest BCUT2D eigenvalue weighted by Crippen LogP contribution is 2.32. The van der Waals surface area contributed by atoms with E-state index in [1.54, 1.807) is 12.4 Å². The topological polar surface area (TPSA) is 73.5 Å². The van der Waals surface area contributed by atoms with E-state index in [2.05, 4.69) is 55.3 Å². The molecule has 1 atom stereocenters. The van der Waals surface area contributed by atoms with Crippen LogP contribution in [0.3, 0.4) is 0 Å². The van der Waals surface area contributed by atoms with E-state index in [9.17, 15) is 0 Å². The zero-order valence-electron chi connectivity index (χ0n) is 16.0. The quantitative estimate of drug-likeness (QED) is 0.567. The molecular formula is C22H24N6. The van der Waals surface area contributed by atoms with Gasteiger partial charge < -0.3 is 9.97 Å². The molecule has 1 aromatic carbocycles. The molecule has 5 rings (SSSR count). The van der Waals surface area contributed by atoms with Crippen LogP contribution in [0.1, 0.15) is 35.7 Å². The van der Waals surface area contributed by atoms with Crippen molar-refractivity contribution in [3.8, 4) is 11.5 Å². The minimum absolute atomic E-state index is 0.369. The lowest BCUT2D eigenvalue weighted by Crippen LogP contribution is -2.34. The van der Waals surface area contributed by atoms with E-state index >= 15 is 0 Å². The number of rotatable bonds is 4. The Bertz CT molecular complexity index is 1100. The molecule has 1 aliphatic rings. The summed E-state index contributed by atoms with van der Waals surface area (Å²) in [5.41, 5.74) is 5.54. The van der Waals surface area contributed by atoms with Crippen molar-refractivity contribution in [2.24, 2.45) is 0 Å². The summed E-state index contributed by atoms with van der Waals surface area (Å²) < 4.78 is 0. The summed E-state index contributed by atoms with van der Waals surface area (Å²) in [6.45, 7) is 5.07. The van der Waals surface area contributed by atoms with Gasteiger partial charge in [-0.2, -0.15) is 0 Å². The van der Waals surface area contributed by atoms with Crippen molar-refractivity contribution in [1.82, 2.24) is 29.8 Å². The van der Waals surface area contributed by atoms with Crippen LogP contribution in [0.4, 0.5) is 0 Å². The van der Waals surface area contributed by atoms with Gasteiger partial charge in [-0.05, 0) is 37.9 Å². The zero-order chi connectivity index (χ0) is 18.9. The normalized spacial score (nSPS) is 18.0. The number of benzene rings is 1. The van der Waals surface area contributed by atoms with Gasteiger partial charge in [-0.1, -0.05) is 18.2 Å². The Balaban J connectivity index is 1.39. The number of hydrogen-bond donors (Lipinski definition) is 2. The van der Waals surface area contributed by atoms with Crippen LogP contribution in [0.5, 0.6) is 0 Å². The van der Waals surface area contributed by atoms with Crippen molar-refractivity contribution in [3.05, 3.63) is 66.0 Å². The third kappa shape index (κ3) is 3.20. The molecule has 0 amide bonds. The second-order valence-electron chi connectivity index (χ2n) is 7.64. The van der Waals surface area contributed by atoms with E-state index in [-0.39, 0.29) is 0 Å². The van der Waals surface area contributed by atoms with Gasteiger partial charge in [-0.3, -0.25) is 9.88 Å².